The molecule has 5 nitrogen and oxygen atoms in total. The molecule has 0 radical (unpaired) electrons. The van der Waals surface area contributed by atoms with Gasteiger partial charge in [0.25, 0.3) is 5.91 Å². The van der Waals surface area contributed by atoms with Crippen LogP contribution in [-0.2, 0) is 0 Å². The number of carbonyl (C=O) groups excluding carboxylic acids is 1. The van der Waals surface area contributed by atoms with Crippen molar-refractivity contribution in [3.63, 3.8) is 0 Å². The molecule has 3 rings (SSSR count). The zero-order chi connectivity index (χ0) is 14.2. The van der Waals surface area contributed by atoms with E-state index in [1.807, 2.05) is 0 Å². The normalized spacial score (nSPS) is 20.5. The quantitative estimate of drug-likeness (QED) is 0.330. The van der Waals surface area contributed by atoms with Gasteiger partial charge >= 0.3 is 0 Å². The fourth-order valence-corrected chi connectivity index (χ4v) is 2.79. The summed E-state index contributed by atoms with van der Waals surface area (Å²) in [5, 5.41) is 14.6. The number of hydrogen-bond acceptors (Lipinski definition) is 3. The van der Waals surface area contributed by atoms with Gasteiger partial charge in [0.05, 0.1) is 0 Å². The lowest BCUT2D eigenvalue weighted by Crippen LogP contribution is -2.31. The molecule has 0 heterocycles. The van der Waals surface area contributed by atoms with Crippen LogP contribution in [0.4, 0.5) is 0 Å². The molecule has 2 aliphatic carbocycles. The van der Waals surface area contributed by atoms with Crippen molar-refractivity contribution < 1.29 is 10.0 Å². The maximum Gasteiger partial charge on any atom is 0.251 e. The Kier molecular flexibility index (Phi) is 3.12. The highest BCUT2D eigenvalue weighted by Crippen LogP contribution is 2.60. The summed E-state index contributed by atoms with van der Waals surface area (Å²) in [6.07, 6.45) is 5.15. The Labute approximate surface area is 117 Å². The first-order valence-electron chi connectivity index (χ1n) is 7.01. The molecule has 0 aromatic heterocycles. The highest BCUT2D eigenvalue weighted by Gasteiger charge is 2.53. The predicted molar refractivity (Wildman–Crippen MR) is 75.7 cm³/mol. The zero-order valence-corrected chi connectivity index (χ0v) is 11.3. The van der Waals surface area contributed by atoms with Gasteiger partial charge in [0.1, 0.15) is 0 Å². The van der Waals surface area contributed by atoms with Crippen molar-refractivity contribution in [3.05, 3.63) is 35.4 Å². The van der Waals surface area contributed by atoms with Crippen molar-refractivity contribution in [3.8, 4) is 0 Å². The molecular weight excluding hydrogens is 254 g/mol. The minimum atomic E-state index is -0.0528. The number of nitrogens with one attached hydrogen (secondary N) is 1. The van der Waals surface area contributed by atoms with Gasteiger partial charge in [-0.3, -0.25) is 4.79 Å². The number of nitrogens with zero attached hydrogens (tertiary/aromatic N) is 1. The Morgan fingerprint density at radius 2 is 1.90 bits per heavy atom. The van der Waals surface area contributed by atoms with E-state index in [0.29, 0.717) is 16.5 Å². The van der Waals surface area contributed by atoms with Crippen molar-refractivity contribution in [1.82, 2.24) is 5.32 Å². The van der Waals surface area contributed by atoms with Gasteiger partial charge in [0.2, 0.25) is 0 Å². The maximum absolute atomic E-state index is 12.1. The molecule has 0 aliphatic heterocycles. The predicted octanol–water partition coefficient (Wildman–Crippen LogP) is 1.70. The molecule has 0 bridgehead atoms. The van der Waals surface area contributed by atoms with E-state index in [4.69, 9.17) is 10.9 Å². The van der Waals surface area contributed by atoms with Gasteiger partial charge < -0.3 is 16.3 Å². The second kappa shape index (κ2) is 4.81. The monoisotopic (exact) mass is 273 g/mol. The van der Waals surface area contributed by atoms with Gasteiger partial charge in [-0.05, 0) is 49.1 Å². The highest BCUT2D eigenvalue weighted by atomic mass is 16.4. The minimum Gasteiger partial charge on any atom is -0.409 e. The first kappa shape index (κ1) is 13.0. The van der Waals surface area contributed by atoms with Crippen LogP contribution < -0.4 is 11.1 Å². The molecule has 0 unspecified atom stereocenters. The Balaban J connectivity index is 1.59. The van der Waals surface area contributed by atoms with Crippen molar-refractivity contribution in [2.24, 2.45) is 22.2 Å². The Bertz CT molecular complexity index is 543. The number of carbonyl (C=O) groups is 1. The molecule has 1 aromatic carbocycles. The van der Waals surface area contributed by atoms with E-state index in [-0.39, 0.29) is 11.7 Å². The first-order chi connectivity index (χ1) is 9.64. The third kappa shape index (κ3) is 2.48. The van der Waals surface area contributed by atoms with Gasteiger partial charge in [0, 0.05) is 17.7 Å². The van der Waals surface area contributed by atoms with E-state index in [9.17, 15) is 4.79 Å². The molecule has 1 amide bonds. The number of amides is 1. The van der Waals surface area contributed by atoms with E-state index in [1.54, 1.807) is 24.3 Å². The highest BCUT2D eigenvalue weighted by molar-refractivity contribution is 5.99. The molecule has 20 heavy (non-hydrogen) atoms. The topological polar surface area (TPSA) is 87.7 Å². The molecule has 106 valence electrons. The molecule has 0 saturated heterocycles. The van der Waals surface area contributed by atoms with Gasteiger partial charge in [-0.15, -0.1) is 0 Å². The van der Waals surface area contributed by atoms with Crippen molar-refractivity contribution in [2.45, 2.75) is 25.7 Å². The SMILES string of the molecule is N/C(=N/O)c1ccc(C(=O)NCC2(C3CC3)CC2)cc1. The van der Waals surface area contributed by atoms with Crippen LogP contribution in [0.25, 0.3) is 0 Å². The lowest BCUT2D eigenvalue weighted by atomic mass is 10.0. The fourth-order valence-electron chi connectivity index (χ4n) is 2.79. The molecule has 4 N–H and O–H groups in total. The molecule has 0 atom stereocenters. The van der Waals surface area contributed by atoms with Crippen LogP contribution in [0.2, 0.25) is 0 Å². The van der Waals surface area contributed by atoms with Gasteiger partial charge in [-0.25, -0.2) is 0 Å². The maximum atomic E-state index is 12.1. The minimum absolute atomic E-state index is 0.0441. The zero-order valence-electron chi connectivity index (χ0n) is 11.3. The Morgan fingerprint density at radius 1 is 1.30 bits per heavy atom. The summed E-state index contributed by atoms with van der Waals surface area (Å²) in [6, 6.07) is 6.74. The smallest absolute Gasteiger partial charge is 0.251 e. The average Bonchev–Trinajstić information content (AvgIpc) is 3.36. The van der Waals surface area contributed by atoms with Crippen LogP contribution in [0, 0.1) is 11.3 Å². The number of rotatable bonds is 5. The molecule has 5 heteroatoms. The van der Waals surface area contributed by atoms with Crippen molar-refractivity contribution in [1.29, 1.82) is 0 Å². The summed E-state index contributed by atoms with van der Waals surface area (Å²) in [5.74, 6) is 0.830. The van der Waals surface area contributed by atoms with Gasteiger partial charge in [0.15, 0.2) is 5.84 Å². The van der Waals surface area contributed by atoms with Crippen LogP contribution in [-0.4, -0.2) is 23.5 Å². The van der Waals surface area contributed by atoms with E-state index in [2.05, 4.69) is 10.5 Å². The van der Waals surface area contributed by atoms with Crippen molar-refractivity contribution in [2.75, 3.05) is 6.54 Å². The van der Waals surface area contributed by atoms with Crippen LogP contribution in [0.5, 0.6) is 0 Å². The van der Waals surface area contributed by atoms with E-state index < -0.39 is 0 Å². The van der Waals surface area contributed by atoms with E-state index >= 15 is 0 Å². The molecule has 2 aliphatic rings. The van der Waals surface area contributed by atoms with Crippen molar-refractivity contribution >= 4 is 11.7 Å². The fraction of sp³-hybridized carbons (Fsp3) is 0.467. The van der Waals surface area contributed by atoms with Gasteiger partial charge in [-0.2, -0.15) is 0 Å². The second-order valence-corrected chi connectivity index (χ2v) is 5.88. The lowest BCUT2D eigenvalue weighted by molar-refractivity contribution is 0.0942. The average molecular weight is 273 g/mol. The Morgan fingerprint density at radius 3 is 2.40 bits per heavy atom. The van der Waals surface area contributed by atoms with Crippen LogP contribution in [0.15, 0.2) is 29.4 Å². The summed E-state index contributed by atoms with van der Waals surface area (Å²) in [6.45, 7) is 0.790. The lowest BCUT2D eigenvalue weighted by Gasteiger charge is -2.15. The third-order valence-corrected chi connectivity index (χ3v) is 4.49. The van der Waals surface area contributed by atoms with Gasteiger partial charge in [-0.1, -0.05) is 17.3 Å². The van der Waals surface area contributed by atoms with Crippen LogP contribution >= 0.6 is 0 Å². The number of hydrogen-bond donors (Lipinski definition) is 3. The molecule has 2 saturated carbocycles. The molecule has 0 spiro atoms. The van der Waals surface area contributed by atoms with Crippen LogP contribution in [0.3, 0.4) is 0 Å². The molecular formula is C15H19N3O2. The van der Waals surface area contributed by atoms with Crippen LogP contribution in [0.1, 0.15) is 41.6 Å². The largest absolute Gasteiger partial charge is 0.409 e. The summed E-state index contributed by atoms with van der Waals surface area (Å²) < 4.78 is 0. The number of oxime groups is 1. The summed E-state index contributed by atoms with van der Waals surface area (Å²) in [7, 11) is 0. The second-order valence-electron chi connectivity index (χ2n) is 5.88. The summed E-state index contributed by atoms with van der Waals surface area (Å²) in [5.41, 5.74) is 7.09. The third-order valence-electron chi connectivity index (χ3n) is 4.49. The number of benzene rings is 1. The van der Waals surface area contributed by atoms with E-state index in [1.165, 1.54) is 25.7 Å². The standard InChI is InChI=1S/C15H19N3O2/c16-13(18-20)10-1-3-11(4-2-10)14(19)17-9-15(7-8-15)12-5-6-12/h1-4,12,20H,5-9H2,(H2,16,18)(H,17,19). The summed E-state index contributed by atoms with van der Waals surface area (Å²) >= 11 is 0. The first-order valence-corrected chi connectivity index (χ1v) is 7.01. The Hall–Kier alpha value is -2.04. The number of nitrogens with two attached hydrogens (primary N) is 1. The number of amidine groups is 1. The summed E-state index contributed by atoms with van der Waals surface area (Å²) in [4.78, 5) is 12.1. The van der Waals surface area contributed by atoms with E-state index in [0.717, 1.165) is 12.5 Å². The molecule has 2 fully saturated rings. The molecule has 1 aromatic rings.